The lowest BCUT2D eigenvalue weighted by Crippen LogP contribution is -2.44. The zero-order valence-electron chi connectivity index (χ0n) is 15.4. The first kappa shape index (κ1) is 19.9. The average Bonchev–Trinajstić information content (AvgIpc) is 2.68. The molecule has 2 aromatic rings. The van der Waals surface area contributed by atoms with E-state index < -0.39 is 0 Å². The molecule has 2 heterocycles. The van der Waals surface area contributed by atoms with Crippen LogP contribution in [0.2, 0.25) is 10.0 Å². The fourth-order valence-corrected chi connectivity index (χ4v) is 3.47. The number of carbonyl (C=O) groups excluding carboxylic acids is 1. The van der Waals surface area contributed by atoms with E-state index in [1.165, 1.54) is 0 Å². The predicted molar refractivity (Wildman–Crippen MR) is 111 cm³/mol. The van der Waals surface area contributed by atoms with Gasteiger partial charge in [0, 0.05) is 45.3 Å². The second-order valence-corrected chi connectivity index (χ2v) is 7.59. The number of rotatable bonds is 6. The molecule has 0 aliphatic carbocycles. The smallest absolute Gasteiger partial charge is 0.220 e. The van der Waals surface area contributed by atoms with Gasteiger partial charge in [0.1, 0.15) is 5.82 Å². The number of hydrogen-bond acceptors (Lipinski definition) is 4. The Bertz CT molecular complexity index is 791. The van der Waals surface area contributed by atoms with Crippen LogP contribution in [0.25, 0.3) is 0 Å². The molecule has 0 saturated carbocycles. The average molecular weight is 407 g/mol. The molecule has 0 radical (unpaired) electrons. The number of hydrogen-bond donors (Lipinski definition) is 1. The summed E-state index contributed by atoms with van der Waals surface area (Å²) in [6, 6.07) is 9.48. The van der Waals surface area contributed by atoms with Crippen molar-refractivity contribution in [1.29, 1.82) is 0 Å². The molecule has 7 heteroatoms. The maximum Gasteiger partial charge on any atom is 0.220 e. The van der Waals surface area contributed by atoms with Crippen LogP contribution in [-0.4, -0.2) is 49.0 Å². The van der Waals surface area contributed by atoms with Crippen molar-refractivity contribution in [2.24, 2.45) is 0 Å². The number of nitrogens with zero attached hydrogens (tertiary/aromatic N) is 3. The number of halogens is 2. The second kappa shape index (κ2) is 9.40. The highest BCUT2D eigenvalue weighted by Crippen LogP contribution is 2.26. The van der Waals surface area contributed by atoms with Crippen molar-refractivity contribution in [3.05, 3.63) is 57.7 Å². The number of likely N-dealkylation sites (N-methyl/N-ethyl adjacent to an activating group) is 1. The summed E-state index contributed by atoms with van der Waals surface area (Å²) in [4.78, 5) is 21.3. The maximum absolute atomic E-state index is 12.2. The van der Waals surface area contributed by atoms with Gasteiger partial charge in [-0.15, -0.1) is 0 Å². The Morgan fingerprint density at radius 2 is 1.96 bits per heavy atom. The van der Waals surface area contributed by atoms with Crippen LogP contribution < -0.4 is 10.2 Å². The first-order valence-corrected chi connectivity index (χ1v) is 9.86. The van der Waals surface area contributed by atoms with Crippen molar-refractivity contribution < 1.29 is 4.79 Å². The molecule has 1 aromatic carbocycles. The highest BCUT2D eigenvalue weighted by molar-refractivity contribution is 6.42. The highest BCUT2D eigenvalue weighted by Gasteiger charge is 2.15. The minimum Gasteiger partial charge on any atom is -0.354 e. The van der Waals surface area contributed by atoms with E-state index in [1.54, 1.807) is 12.3 Å². The number of amides is 1. The Balaban J connectivity index is 1.50. The van der Waals surface area contributed by atoms with E-state index in [2.05, 4.69) is 33.2 Å². The first-order valence-electron chi connectivity index (χ1n) is 9.11. The summed E-state index contributed by atoms with van der Waals surface area (Å²) in [6.45, 7) is 4.51. The van der Waals surface area contributed by atoms with Gasteiger partial charge in [0.05, 0.1) is 10.0 Å². The lowest BCUT2D eigenvalue weighted by atomic mass is 10.1. The Morgan fingerprint density at radius 3 is 2.74 bits per heavy atom. The third-order valence-corrected chi connectivity index (χ3v) is 5.64. The normalized spacial score (nSPS) is 15.0. The van der Waals surface area contributed by atoms with Gasteiger partial charge < -0.3 is 15.1 Å². The van der Waals surface area contributed by atoms with Gasteiger partial charge >= 0.3 is 0 Å². The fourth-order valence-electron chi connectivity index (χ4n) is 3.06. The molecule has 1 aliphatic rings. The molecule has 0 atom stereocenters. The van der Waals surface area contributed by atoms with Gasteiger partial charge in [0.25, 0.3) is 0 Å². The Morgan fingerprint density at radius 1 is 1.19 bits per heavy atom. The van der Waals surface area contributed by atoms with Crippen molar-refractivity contribution in [2.75, 3.05) is 38.1 Å². The van der Waals surface area contributed by atoms with E-state index in [4.69, 9.17) is 23.2 Å². The van der Waals surface area contributed by atoms with Gasteiger partial charge in [-0.2, -0.15) is 0 Å². The van der Waals surface area contributed by atoms with Crippen LogP contribution in [0.5, 0.6) is 0 Å². The van der Waals surface area contributed by atoms with E-state index in [0.717, 1.165) is 43.1 Å². The standard InChI is InChI=1S/C20H24Cl2N4O/c1-25-9-11-26(12-10-25)18-13-15(7-8-23-18)14-24-19(27)6-5-16-3-2-4-17(21)20(16)22/h2-4,7-8,13H,5-6,9-12,14H2,1H3,(H,24,27). The van der Waals surface area contributed by atoms with Crippen molar-refractivity contribution in [1.82, 2.24) is 15.2 Å². The van der Waals surface area contributed by atoms with Gasteiger partial charge in [-0.1, -0.05) is 35.3 Å². The molecule has 0 spiro atoms. The summed E-state index contributed by atoms with van der Waals surface area (Å²) in [5.74, 6) is 0.963. The summed E-state index contributed by atoms with van der Waals surface area (Å²) in [6.07, 6.45) is 2.74. The third-order valence-electron chi connectivity index (χ3n) is 4.78. The zero-order chi connectivity index (χ0) is 19.2. The monoisotopic (exact) mass is 406 g/mol. The molecule has 5 nitrogen and oxygen atoms in total. The number of carbonyl (C=O) groups is 1. The second-order valence-electron chi connectivity index (χ2n) is 6.80. The lowest BCUT2D eigenvalue weighted by molar-refractivity contribution is -0.121. The topological polar surface area (TPSA) is 48.5 Å². The van der Waals surface area contributed by atoms with E-state index in [0.29, 0.717) is 29.4 Å². The maximum atomic E-state index is 12.2. The Labute approximate surface area is 170 Å². The molecule has 1 fully saturated rings. The highest BCUT2D eigenvalue weighted by atomic mass is 35.5. The minimum absolute atomic E-state index is 0.0102. The minimum atomic E-state index is -0.0102. The molecule has 0 bridgehead atoms. The number of pyridine rings is 1. The molecule has 1 aliphatic heterocycles. The molecule has 1 N–H and O–H groups in total. The van der Waals surface area contributed by atoms with Gasteiger partial charge in [-0.3, -0.25) is 4.79 Å². The van der Waals surface area contributed by atoms with Gasteiger partial charge in [-0.05, 0) is 42.8 Å². The Kier molecular flexibility index (Phi) is 6.94. The van der Waals surface area contributed by atoms with E-state index in [1.807, 2.05) is 18.2 Å². The van der Waals surface area contributed by atoms with Gasteiger partial charge in [0.2, 0.25) is 5.91 Å². The van der Waals surface area contributed by atoms with Crippen LogP contribution in [0, 0.1) is 0 Å². The van der Waals surface area contributed by atoms with Crippen LogP contribution in [0.3, 0.4) is 0 Å². The van der Waals surface area contributed by atoms with Crippen molar-refractivity contribution in [3.8, 4) is 0 Å². The number of piperazine rings is 1. The first-order chi connectivity index (χ1) is 13.0. The molecule has 1 aromatic heterocycles. The number of aryl methyl sites for hydroxylation is 1. The van der Waals surface area contributed by atoms with Crippen molar-refractivity contribution in [2.45, 2.75) is 19.4 Å². The quantitative estimate of drug-likeness (QED) is 0.798. The molecular weight excluding hydrogens is 383 g/mol. The molecule has 144 valence electrons. The van der Waals surface area contributed by atoms with Crippen LogP contribution in [0.15, 0.2) is 36.5 Å². The van der Waals surface area contributed by atoms with Crippen LogP contribution in [0.1, 0.15) is 17.5 Å². The van der Waals surface area contributed by atoms with Crippen LogP contribution >= 0.6 is 23.2 Å². The van der Waals surface area contributed by atoms with E-state index in [9.17, 15) is 4.79 Å². The number of benzene rings is 1. The molecule has 1 saturated heterocycles. The molecule has 27 heavy (non-hydrogen) atoms. The largest absolute Gasteiger partial charge is 0.354 e. The summed E-state index contributed by atoms with van der Waals surface area (Å²) in [5.41, 5.74) is 1.94. The van der Waals surface area contributed by atoms with Gasteiger partial charge in [-0.25, -0.2) is 4.98 Å². The fraction of sp³-hybridized carbons (Fsp3) is 0.400. The summed E-state index contributed by atoms with van der Waals surface area (Å²) < 4.78 is 0. The predicted octanol–water partition coefficient (Wildman–Crippen LogP) is 3.39. The molecule has 0 unspecified atom stereocenters. The van der Waals surface area contributed by atoms with E-state index in [-0.39, 0.29) is 5.91 Å². The zero-order valence-corrected chi connectivity index (χ0v) is 16.9. The summed E-state index contributed by atoms with van der Waals surface area (Å²) in [5, 5.41) is 4.01. The summed E-state index contributed by atoms with van der Waals surface area (Å²) in [7, 11) is 2.13. The Hall–Kier alpha value is -1.82. The third kappa shape index (κ3) is 5.58. The van der Waals surface area contributed by atoms with Crippen molar-refractivity contribution in [3.63, 3.8) is 0 Å². The van der Waals surface area contributed by atoms with Crippen LogP contribution in [0.4, 0.5) is 5.82 Å². The molecular formula is C20H24Cl2N4O. The van der Waals surface area contributed by atoms with Gasteiger partial charge in [0.15, 0.2) is 0 Å². The lowest BCUT2D eigenvalue weighted by Gasteiger charge is -2.33. The van der Waals surface area contributed by atoms with Crippen LogP contribution in [-0.2, 0) is 17.8 Å². The molecule has 3 rings (SSSR count). The SMILES string of the molecule is CN1CCN(c2cc(CNC(=O)CCc3cccc(Cl)c3Cl)ccn2)CC1. The molecule has 1 amide bonds. The van der Waals surface area contributed by atoms with Crippen molar-refractivity contribution >= 4 is 34.9 Å². The number of anilines is 1. The number of nitrogens with one attached hydrogen (secondary N) is 1. The number of aromatic nitrogens is 1. The summed E-state index contributed by atoms with van der Waals surface area (Å²) >= 11 is 12.2. The van der Waals surface area contributed by atoms with E-state index >= 15 is 0 Å².